The summed E-state index contributed by atoms with van der Waals surface area (Å²) in [6.07, 6.45) is 3.77. The van der Waals surface area contributed by atoms with E-state index in [1.54, 1.807) is 0 Å². The molecule has 0 amide bonds. The second kappa shape index (κ2) is 5.18. The zero-order valence-electron chi connectivity index (χ0n) is 8.79. The Morgan fingerprint density at radius 1 is 1.46 bits per heavy atom. The largest absolute Gasteiger partial charge is 0.378 e. The molecule has 0 N–H and O–H groups in total. The van der Waals surface area contributed by atoms with Gasteiger partial charge in [-0.15, -0.1) is 11.6 Å². The van der Waals surface area contributed by atoms with Gasteiger partial charge in [0.25, 0.3) is 0 Å². The van der Waals surface area contributed by atoms with Crippen molar-refractivity contribution in [1.82, 2.24) is 4.90 Å². The highest BCUT2D eigenvalue weighted by Crippen LogP contribution is 2.23. The number of alkyl halides is 1. The van der Waals surface area contributed by atoms with E-state index in [9.17, 15) is 0 Å². The van der Waals surface area contributed by atoms with Crippen LogP contribution in [0.1, 0.15) is 26.2 Å². The van der Waals surface area contributed by atoms with E-state index in [4.69, 9.17) is 16.3 Å². The van der Waals surface area contributed by atoms with Gasteiger partial charge in [0.2, 0.25) is 0 Å². The molecule has 0 bridgehead atoms. The first-order valence-electron chi connectivity index (χ1n) is 5.01. The van der Waals surface area contributed by atoms with Gasteiger partial charge in [-0.3, -0.25) is 4.90 Å². The van der Waals surface area contributed by atoms with Crippen molar-refractivity contribution >= 4 is 11.6 Å². The molecule has 0 aromatic carbocycles. The van der Waals surface area contributed by atoms with Crippen LogP contribution in [0.2, 0.25) is 0 Å². The van der Waals surface area contributed by atoms with Crippen LogP contribution < -0.4 is 0 Å². The summed E-state index contributed by atoms with van der Waals surface area (Å²) < 4.78 is 5.70. The van der Waals surface area contributed by atoms with Crippen LogP contribution in [0.25, 0.3) is 0 Å². The van der Waals surface area contributed by atoms with Crippen LogP contribution in [0.15, 0.2) is 0 Å². The highest BCUT2D eigenvalue weighted by Gasteiger charge is 2.22. The Kier molecular flexibility index (Phi) is 4.50. The predicted octanol–water partition coefficient (Wildman–Crippen LogP) is 2.32. The molecule has 1 rings (SSSR count). The molecule has 0 aromatic rings. The van der Waals surface area contributed by atoms with Gasteiger partial charge in [0, 0.05) is 13.0 Å². The van der Waals surface area contributed by atoms with Gasteiger partial charge in [-0.1, -0.05) is 6.92 Å². The van der Waals surface area contributed by atoms with E-state index >= 15 is 0 Å². The van der Waals surface area contributed by atoms with Crippen LogP contribution in [-0.4, -0.2) is 37.2 Å². The molecule has 1 aliphatic heterocycles. The minimum atomic E-state index is 0.110. The van der Waals surface area contributed by atoms with E-state index in [1.165, 1.54) is 6.42 Å². The number of hydrogen-bond acceptors (Lipinski definition) is 2. The molecule has 3 unspecified atom stereocenters. The lowest BCUT2D eigenvalue weighted by molar-refractivity contribution is -0.0203. The fraction of sp³-hybridized carbons (Fsp3) is 1.00. The average molecular weight is 206 g/mol. The molecule has 1 fully saturated rings. The first kappa shape index (κ1) is 11.3. The summed E-state index contributed by atoms with van der Waals surface area (Å²) in [5, 5.41) is 0. The van der Waals surface area contributed by atoms with Crippen molar-refractivity contribution in [2.75, 3.05) is 20.7 Å². The van der Waals surface area contributed by atoms with Crippen LogP contribution in [0, 0.1) is 5.92 Å². The number of nitrogens with zero attached hydrogens (tertiary/aromatic N) is 1. The second-order valence-corrected chi connectivity index (χ2v) is 4.78. The SMILES string of the molecule is CC1CCC(CC(Cl)N(C)C)OC1. The lowest BCUT2D eigenvalue weighted by atomic mass is 9.99. The topological polar surface area (TPSA) is 12.5 Å². The van der Waals surface area contributed by atoms with E-state index in [2.05, 4.69) is 6.92 Å². The molecule has 13 heavy (non-hydrogen) atoms. The molecule has 0 aromatic heterocycles. The summed E-state index contributed by atoms with van der Waals surface area (Å²) in [4.78, 5) is 2.03. The summed E-state index contributed by atoms with van der Waals surface area (Å²) in [5.41, 5.74) is 0.110. The standard InChI is InChI=1S/C10H20ClNO/c1-8-4-5-9(13-7-8)6-10(11)12(2)3/h8-10H,4-7H2,1-3H3. The van der Waals surface area contributed by atoms with Gasteiger partial charge in [-0.05, 0) is 32.9 Å². The number of hydrogen-bond donors (Lipinski definition) is 0. The molecular weight excluding hydrogens is 186 g/mol. The van der Waals surface area contributed by atoms with Gasteiger partial charge in [0.05, 0.1) is 11.6 Å². The van der Waals surface area contributed by atoms with Crippen molar-refractivity contribution in [2.24, 2.45) is 5.92 Å². The Morgan fingerprint density at radius 3 is 2.62 bits per heavy atom. The fourth-order valence-electron chi connectivity index (χ4n) is 1.55. The van der Waals surface area contributed by atoms with Gasteiger partial charge >= 0.3 is 0 Å². The maximum Gasteiger partial charge on any atom is 0.0870 e. The van der Waals surface area contributed by atoms with Crippen molar-refractivity contribution in [3.05, 3.63) is 0 Å². The summed E-state index contributed by atoms with van der Waals surface area (Å²) in [7, 11) is 4.01. The molecule has 1 saturated heterocycles. The van der Waals surface area contributed by atoms with Gasteiger partial charge < -0.3 is 4.74 Å². The lowest BCUT2D eigenvalue weighted by Crippen LogP contribution is -2.32. The Balaban J connectivity index is 2.22. The maximum atomic E-state index is 6.13. The molecule has 3 heteroatoms. The summed E-state index contributed by atoms with van der Waals surface area (Å²) >= 11 is 6.13. The third-order valence-corrected chi connectivity index (χ3v) is 3.18. The molecule has 3 atom stereocenters. The van der Waals surface area contributed by atoms with Crippen LogP contribution >= 0.6 is 11.6 Å². The van der Waals surface area contributed by atoms with Crippen molar-refractivity contribution in [1.29, 1.82) is 0 Å². The molecule has 0 spiro atoms. The first-order valence-corrected chi connectivity index (χ1v) is 5.45. The zero-order valence-corrected chi connectivity index (χ0v) is 9.55. The predicted molar refractivity (Wildman–Crippen MR) is 56.1 cm³/mol. The normalized spacial score (nSPS) is 32.1. The van der Waals surface area contributed by atoms with E-state index in [-0.39, 0.29) is 5.50 Å². The minimum absolute atomic E-state index is 0.110. The average Bonchev–Trinajstić information content (AvgIpc) is 2.08. The minimum Gasteiger partial charge on any atom is -0.378 e. The monoisotopic (exact) mass is 205 g/mol. The third kappa shape index (κ3) is 3.84. The van der Waals surface area contributed by atoms with E-state index < -0.39 is 0 Å². The third-order valence-electron chi connectivity index (χ3n) is 2.62. The molecule has 0 radical (unpaired) electrons. The Bertz CT molecular complexity index is 144. The van der Waals surface area contributed by atoms with Crippen molar-refractivity contribution in [2.45, 2.75) is 37.8 Å². The summed E-state index contributed by atoms with van der Waals surface area (Å²) in [6.45, 7) is 3.14. The zero-order chi connectivity index (χ0) is 9.84. The van der Waals surface area contributed by atoms with Crippen LogP contribution in [-0.2, 0) is 4.74 Å². The lowest BCUT2D eigenvalue weighted by Gasteiger charge is -2.29. The van der Waals surface area contributed by atoms with Crippen molar-refractivity contribution in [3.8, 4) is 0 Å². The smallest absolute Gasteiger partial charge is 0.0870 e. The molecule has 0 aliphatic carbocycles. The molecule has 1 heterocycles. The van der Waals surface area contributed by atoms with E-state index in [1.807, 2.05) is 19.0 Å². The number of rotatable bonds is 3. The molecule has 1 aliphatic rings. The molecule has 0 saturated carbocycles. The molecule has 2 nitrogen and oxygen atoms in total. The molecule has 78 valence electrons. The highest BCUT2D eigenvalue weighted by atomic mass is 35.5. The number of halogens is 1. The van der Waals surface area contributed by atoms with E-state index in [0.29, 0.717) is 6.10 Å². The van der Waals surface area contributed by atoms with Crippen LogP contribution in [0.3, 0.4) is 0 Å². The highest BCUT2D eigenvalue weighted by molar-refractivity contribution is 6.20. The van der Waals surface area contributed by atoms with Crippen molar-refractivity contribution in [3.63, 3.8) is 0 Å². The second-order valence-electron chi connectivity index (χ2n) is 4.27. The fourth-order valence-corrected chi connectivity index (χ4v) is 1.75. The van der Waals surface area contributed by atoms with Gasteiger partial charge in [0.1, 0.15) is 0 Å². The van der Waals surface area contributed by atoms with Gasteiger partial charge in [0.15, 0.2) is 0 Å². The number of ether oxygens (including phenoxy) is 1. The van der Waals surface area contributed by atoms with Gasteiger partial charge in [-0.2, -0.15) is 0 Å². The Morgan fingerprint density at radius 2 is 2.15 bits per heavy atom. The first-order chi connectivity index (χ1) is 6.09. The van der Waals surface area contributed by atoms with Gasteiger partial charge in [-0.25, -0.2) is 0 Å². The Hall–Kier alpha value is 0.210. The maximum absolute atomic E-state index is 6.13. The quantitative estimate of drug-likeness (QED) is 0.518. The Labute approximate surface area is 86.2 Å². The van der Waals surface area contributed by atoms with Crippen LogP contribution in [0.5, 0.6) is 0 Å². The summed E-state index contributed by atoms with van der Waals surface area (Å²) in [6, 6.07) is 0. The van der Waals surface area contributed by atoms with E-state index in [0.717, 1.165) is 25.4 Å². The van der Waals surface area contributed by atoms with Crippen LogP contribution in [0.4, 0.5) is 0 Å². The van der Waals surface area contributed by atoms with Crippen molar-refractivity contribution < 1.29 is 4.74 Å². The summed E-state index contributed by atoms with van der Waals surface area (Å²) in [5.74, 6) is 0.726. The molecular formula is C10H20ClNO.